The molecule has 0 aromatic heterocycles. The molecule has 4 N–H and O–H groups in total. The summed E-state index contributed by atoms with van der Waals surface area (Å²) < 4.78 is 39.8. The molecule has 0 aliphatic heterocycles. The van der Waals surface area contributed by atoms with Crippen LogP contribution in [0.25, 0.3) is 0 Å². The van der Waals surface area contributed by atoms with Gasteiger partial charge in [0, 0.05) is 30.3 Å². The van der Waals surface area contributed by atoms with Crippen molar-refractivity contribution >= 4 is 21.6 Å². The number of hydrogen-bond acceptors (Lipinski definition) is 4. The van der Waals surface area contributed by atoms with Crippen molar-refractivity contribution in [2.75, 3.05) is 18.8 Å². The van der Waals surface area contributed by atoms with E-state index in [0.717, 1.165) is 18.9 Å². The van der Waals surface area contributed by atoms with Gasteiger partial charge in [-0.25, -0.2) is 17.5 Å². The summed E-state index contributed by atoms with van der Waals surface area (Å²) in [7, 11) is -3.85. The van der Waals surface area contributed by atoms with E-state index >= 15 is 0 Å². The first-order valence-electron chi connectivity index (χ1n) is 6.64. The smallest absolute Gasteiger partial charge is 0.240 e. The van der Waals surface area contributed by atoms with Crippen molar-refractivity contribution in [3.8, 4) is 0 Å². The lowest BCUT2D eigenvalue weighted by molar-refractivity contribution is -0.122. The molecule has 1 aliphatic rings. The number of carbonyl (C=O) groups is 1. The quantitative estimate of drug-likeness (QED) is 0.526. The van der Waals surface area contributed by atoms with Crippen molar-refractivity contribution in [3.63, 3.8) is 0 Å². The van der Waals surface area contributed by atoms with Gasteiger partial charge in [-0.3, -0.25) is 4.79 Å². The number of carbonyl (C=O) groups excluding carboxylic acids is 1. The molecule has 8 heteroatoms. The molecule has 21 heavy (non-hydrogen) atoms. The molecule has 1 fully saturated rings. The third kappa shape index (κ3) is 3.92. The monoisotopic (exact) mass is 315 g/mol. The Bertz CT molecular complexity index is 634. The molecule has 0 atom stereocenters. The molecule has 116 valence electrons. The van der Waals surface area contributed by atoms with E-state index in [4.69, 9.17) is 5.73 Å². The van der Waals surface area contributed by atoms with Crippen molar-refractivity contribution < 1.29 is 17.6 Å². The van der Waals surface area contributed by atoms with Gasteiger partial charge >= 0.3 is 0 Å². The van der Waals surface area contributed by atoms with Crippen LogP contribution in [0.4, 0.5) is 10.1 Å². The normalized spacial score (nSPS) is 15.0. The van der Waals surface area contributed by atoms with Crippen LogP contribution < -0.4 is 15.8 Å². The molecule has 1 aliphatic carbocycles. The van der Waals surface area contributed by atoms with Crippen LogP contribution in [0.2, 0.25) is 0 Å². The highest BCUT2D eigenvalue weighted by Crippen LogP contribution is 2.28. The lowest BCUT2D eigenvalue weighted by Gasteiger charge is -2.10. The van der Waals surface area contributed by atoms with Crippen molar-refractivity contribution in [3.05, 3.63) is 23.5 Å². The Hall–Kier alpha value is -1.67. The second-order valence-electron chi connectivity index (χ2n) is 5.08. The second kappa shape index (κ2) is 5.98. The first kappa shape index (κ1) is 15.7. The molecule has 0 bridgehead atoms. The van der Waals surface area contributed by atoms with Gasteiger partial charge in [-0.15, -0.1) is 0 Å². The topological polar surface area (TPSA) is 101 Å². The number of nitrogens with two attached hydrogens (primary N) is 1. The predicted octanol–water partition coefficient (Wildman–Crippen LogP) is 0.521. The SMILES string of the molecule is Cc1c(N)cc(S(=O)(=O)NCCNC(=O)C2CC2)cc1F. The van der Waals surface area contributed by atoms with Crippen molar-refractivity contribution in [2.24, 2.45) is 5.92 Å². The van der Waals surface area contributed by atoms with Gasteiger partial charge in [-0.2, -0.15) is 0 Å². The summed E-state index contributed by atoms with van der Waals surface area (Å²) in [5.41, 5.74) is 5.86. The van der Waals surface area contributed by atoms with Crippen LogP contribution in [0.5, 0.6) is 0 Å². The van der Waals surface area contributed by atoms with E-state index in [1.807, 2.05) is 0 Å². The van der Waals surface area contributed by atoms with E-state index in [0.29, 0.717) is 0 Å². The minimum absolute atomic E-state index is 0.0379. The van der Waals surface area contributed by atoms with Gasteiger partial charge in [0.15, 0.2) is 0 Å². The summed E-state index contributed by atoms with van der Waals surface area (Å²) in [6.07, 6.45) is 1.78. The number of hydrogen-bond donors (Lipinski definition) is 3. The van der Waals surface area contributed by atoms with Crippen LogP contribution in [0.1, 0.15) is 18.4 Å². The Labute approximate surface area is 123 Å². The fourth-order valence-electron chi connectivity index (χ4n) is 1.77. The number of nitrogens with one attached hydrogen (secondary N) is 2. The second-order valence-corrected chi connectivity index (χ2v) is 6.85. The van der Waals surface area contributed by atoms with Gasteiger partial charge in [0.25, 0.3) is 0 Å². The van der Waals surface area contributed by atoms with Gasteiger partial charge in [0.2, 0.25) is 15.9 Å². The Kier molecular flexibility index (Phi) is 4.48. The van der Waals surface area contributed by atoms with Gasteiger partial charge in [0.1, 0.15) is 5.82 Å². The number of amides is 1. The Morgan fingerprint density at radius 1 is 1.38 bits per heavy atom. The number of rotatable bonds is 6. The van der Waals surface area contributed by atoms with E-state index in [2.05, 4.69) is 10.0 Å². The Balaban J connectivity index is 1.93. The molecule has 2 rings (SSSR count). The molecule has 1 amide bonds. The number of sulfonamides is 1. The first-order valence-corrected chi connectivity index (χ1v) is 8.12. The minimum Gasteiger partial charge on any atom is -0.398 e. The van der Waals surface area contributed by atoms with E-state index in [9.17, 15) is 17.6 Å². The lowest BCUT2D eigenvalue weighted by Crippen LogP contribution is -2.35. The molecular weight excluding hydrogens is 297 g/mol. The van der Waals surface area contributed by atoms with Crippen LogP contribution in [-0.4, -0.2) is 27.4 Å². The van der Waals surface area contributed by atoms with Crippen LogP contribution in [0.3, 0.4) is 0 Å². The molecule has 0 radical (unpaired) electrons. The van der Waals surface area contributed by atoms with Gasteiger partial charge in [-0.05, 0) is 31.9 Å². The fourth-order valence-corrected chi connectivity index (χ4v) is 2.85. The third-order valence-corrected chi connectivity index (χ3v) is 4.77. The predicted molar refractivity (Wildman–Crippen MR) is 76.5 cm³/mol. The van der Waals surface area contributed by atoms with Crippen LogP contribution >= 0.6 is 0 Å². The van der Waals surface area contributed by atoms with Gasteiger partial charge in [-0.1, -0.05) is 0 Å². The number of nitrogen functional groups attached to an aromatic ring is 1. The third-order valence-electron chi connectivity index (χ3n) is 3.33. The minimum atomic E-state index is -3.85. The summed E-state index contributed by atoms with van der Waals surface area (Å²) >= 11 is 0. The molecule has 6 nitrogen and oxygen atoms in total. The zero-order chi connectivity index (χ0) is 15.6. The van der Waals surface area contributed by atoms with E-state index in [1.54, 1.807) is 0 Å². The van der Waals surface area contributed by atoms with Crippen LogP contribution in [-0.2, 0) is 14.8 Å². The van der Waals surface area contributed by atoms with Gasteiger partial charge in [0.05, 0.1) is 4.90 Å². The zero-order valence-electron chi connectivity index (χ0n) is 11.6. The molecule has 1 aromatic carbocycles. The first-order chi connectivity index (χ1) is 9.81. The Morgan fingerprint density at radius 3 is 2.62 bits per heavy atom. The Morgan fingerprint density at radius 2 is 2.05 bits per heavy atom. The molecule has 0 saturated heterocycles. The molecule has 1 aromatic rings. The van der Waals surface area contributed by atoms with Gasteiger partial charge < -0.3 is 11.1 Å². The molecular formula is C13H18FN3O3S. The summed E-state index contributed by atoms with van der Waals surface area (Å²) in [6.45, 7) is 1.70. The summed E-state index contributed by atoms with van der Waals surface area (Å²) in [5, 5.41) is 2.64. The van der Waals surface area contributed by atoms with Crippen LogP contribution in [0.15, 0.2) is 17.0 Å². The maximum Gasteiger partial charge on any atom is 0.240 e. The van der Waals surface area contributed by atoms with Crippen molar-refractivity contribution in [2.45, 2.75) is 24.7 Å². The molecule has 1 saturated carbocycles. The van der Waals surface area contributed by atoms with Crippen LogP contribution in [0, 0.1) is 18.7 Å². The summed E-state index contributed by atoms with van der Waals surface area (Å²) in [5.74, 6) is -0.648. The lowest BCUT2D eigenvalue weighted by atomic mass is 10.2. The fraction of sp³-hybridized carbons (Fsp3) is 0.462. The zero-order valence-corrected chi connectivity index (χ0v) is 12.5. The average molecular weight is 315 g/mol. The number of benzene rings is 1. The van der Waals surface area contributed by atoms with Crippen molar-refractivity contribution in [1.82, 2.24) is 10.0 Å². The largest absolute Gasteiger partial charge is 0.398 e. The average Bonchev–Trinajstić information content (AvgIpc) is 3.24. The number of halogens is 1. The van der Waals surface area contributed by atoms with Crippen molar-refractivity contribution in [1.29, 1.82) is 0 Å². The molecule has 0 unspecified atom stereocenters. The highest BCUT2D eigenvalue weighted by molar-refractivity contribution is 7.89. The maximum atomic E-state index is 13.5. The maximum absolute atomic E-state index is 13.5. The summed E-state index contributed by atoms with van der Waals surface area (Å²) in [6, 6.07) is 2.14. The summed E-state index contributed by atoms with van der Waals surface area (Å²) in [4.78, 5) is 11.1. The molecule has 0 heterocycles. The highest BCUT2D eigenvalue weighted by atomic mass is 32.2. The number of anilines is 1. The molecule has 0 spiro atoms. The highest BCUT2D eigenvalue weighted by Gasteiger charge is 2.29. The van der Waals surface area contributed by atoms with E-state index in [-0.39, 0.29) is 41.1 Å². The standard InChI is InChI=1S/C13H18FN3O3S/c1-8-11(14)6-10(7-12(8)15)21(19,20)17-5-4-16-13(18)9-2-3-9/h6-7,9,17H,2-5,15H2,1H3,(H,16,18). The van der Waals surface area contributed by atoms with E-state index in [1.165, 1.54) is 13.0 Å². The van der Waals surface area contributed by atoms with E-state index < -0.39 is 15.8 Å².